The minimum absolute atomic E-state index is 0.0269. The summed E-state index contributed by atoms with van der Waals surface area (Å²) in [5, 5.41) is 2.77. The zero-order valence-corrected chi connectivity index (χ0v) is 12.4. The number of methoxy groups -OCH3 is 1. The van der Waals surface area contributed by atoms with E-state index in [0.717, 1.165) is 12.1 Å². The highest BCUT2D eigenvalue weighted by molar-refractivity contribution is 6.33. The van der Waals surface area contributed by atoms with E-state index in [4.69, 9.17) is 11.6 Å². The third-order valence-electron chi connectivity index (χ3n) is 3.13. The highest BCUT2D eigenvalue weighted by Gasteiger charge is 2.29. The third-order valence-corrected chi connectivity index (χ3v) is 3.45. The van der Waals surface area contributed by atoms with E-state index in [1.807, 2.05) is 6.92 Å². The molecule has 0 aliphatic rings. The van der Waals surface area contributed by atoms with Crippen molar-refractivity contribution in [2.24, 2.45) is 0 Å². The van der Waals surface area contributed by atoms with Crippen LogP contribution in [0.4, 0.5) is 4.39 Å². The van der Waals surface area contributed by atoms with Crippen LogP contribution in [0.15, 0.2) is 18.2 Å². The smallest absolute Gasteiger partial charge is 0.307 e. The van der Waals surface area contributed by atoms with Gasteiger partial charge in [-0.15, -0.1) is 0 Å². The van der Waals surface area contributed by atoms with Gasteiger partial charge in [0.2, 0.25) is 0 Å². The molecule has 0 aliphatic heterocycles. The summed E-state index contributed by atoms with van der Waals surface area (Å²) in [6.45, 7) is 3.58. The largest absolute Gasteiger partial charge is 0.469 e. The molecule has 1 aromatic carbocycles. The topological polar surface area (TPSA) is 55.4 Å². The van der Waals surface area contributed by atoms with Gasteiger partial charge < -0.3 is 10.1 Å². The molecule has 1 N–H and O–H groups in total. The van der Waals surface area contributed by atoms with Gasteiger partial charge in [0.25, 0.3) is 5.91 Å². The second-order valence-corrected chi connectivity index (χ2v) is 5.15. The van der Waals surface area contributed by atoms with E-state index in [0.29, 0.717) is 6.42 Å². The fraction of sp³-hybridized carbons (Fsp3) is 0.429. The molecule has 4 nitrogen and oxygen atoms in total. The van der Waals surface area contributed by atoms with Gasteiger partial charge in [-0.25, -0.2) is 4.39 Å². The number of hydrogen-bond acceptors (Lipinski definition) is 3. The Labute approximate surface area is 122 Å². The van der Waals surface area contributed by atoms with Crippen LogP contribution in [0.2, 0.25) is 5.02 Å². The SMILES string of the molecule is CC[C@@](C)(CC(=O)OC)NC(=O)c1ccc(F)cc1Cl. The molecule has 0 aromatic heterocycles. The molecule has 1 atom stereocenters. The van der Waals surface area contributed by atoms with Crippen molar-refractivity contribution < 1.29 is 18.7 Å². The molecule has 0 bridgehead atoms. The molecule has 110 valence electrons. The van der Waals surface area contributed by atoms with Crippen LogP contribution in [0, 0.1) is 5.82 Å². The molecule has 0 aliphatic carbocycles. The predicted molar refractivity (Wildman–Crippen MR) is 74.2 cm³/mol. The van der Waals surface area contributed by atoms with Crippen molar-refractivity contribution in [2.75, 3.05) is 7.11 Å². The summed E-state index contributed by atoms with van der Waals surface area (Å²) in [4.78, 5) is 23.5. The molecule has 0 saturated carbocycles. The molecule has 0 heterocycles. The monoisotopic (exact) mass is 301 g/mol. The maximum atomic E-state index is 13.0. The first-order chi connectivity index (χ1) is 9.31. The van der Waals surface area contributed by atoms with E-state index < -0.39 is 23.2 Å². The Hall–Kier alpha value is -1.62. The third kappa shape index (κ3) is 4.20. The molecular weight excluding hydrogens is 285 g/mol. The molecule has 0 spiro atoms. The molecule has 0 saturated heterocycles. The molecule has 1 aromatic rings. The van der Waals surface area contributed by atoms with E-state index in [1.54, 1.807) is 6.92 Å². The molecule has 0 radical (unpaired) electrons. The molecular formula is C14H17ClFNO3. The van der Waals surface area contributed by atoms with Crippen LogP contribution in [0.3, 0.4) is 0 Å². The van der Waals surface area contributed by atoms with Gasteiger partial charge in [-0.3, -0.25) is 9.59 Å². The Morgan fingerprint density at radius 3 is 2.60 bits per heavy atom. The zero-order valence-electron chi connectivity index (χ0n) is 11.6. The minimum atomic E-state index is -0.748. The summed E-state index contributed by atoms with van der Waals surface area (Å²) in [5.41, 5.74) is -0.584. The van der Waals surface area contributed by atoms with Crippen LogP contribution in [0.25, 0.3) is 0 Å². The van der Waals surface area contributed by atoms with Gasteiger partial charge in [0.05, 0.1) is 24.1 Å². The van der Waals surface area contributed by atoms with E-state index in [9.17, 15) is 14.0 Å². The summed E-state index contributed by atoms with van der Waals surface area (Å²) in [5.74, 6) is -1.39. The van der Waals surface area contributed by atoms with Crippen molar-refractivity contribution in [3.8, 4) is 0 Å². The molecule has 0 unspecified atom stereocenters. The minimum Gasteiger partial charge on any atom is -0.469 e. The number of ether oxygens (including phenoxy) is 1. The molecule has 6 heteroatoms. The summed E-state index contributed by atoms with van der Waals surface area (Å²) < 4.78 is 17.6. The number of carbonyl (C=O) groups excluding carboxylic acids is 2. The fourth-order valence-corrected chi connectivity index (χ4v) is 1.92. The second kappa shape index (κ2) is 6.70. The van der Waals surface area contributed by atoms with Crippen LogP contribution >= 0.6 is 11.6 Å². The first kappa shape index (κ1) is 16.4. The average Bonchev–Trinajstić information content (AvgIpc) is 2.38. The van der Waals surface area contributed by atoms with Gasteiger partial charge >= 0.3 is 5.97 Å². The van der Waals surface area contributed by atoms with Crippen molar-refractivity contribution in [1.82, 2.24) is 5.32 Å². The normalized spacial score (nSPS) is 13.4. The number of esters is 1. The average molecular weight is 302 g/mol. The summed E-state index contributed by atoms with van der Waals surface area (Å²) in [6, 6.07) is 3.53. The van der Waals surface area contributed by atoms with Gasteiger partial charge in [0, 0.05) is 5.54 Å². The van der Waals surface area contributed by atoms with Crippen molar-refractivity contribution in [3.63, 3.8) is 0 Å². The van der Waals surface area contributed by atoms with Crippen molar-refractivity contribution >= 4 is 23.5 Å². The lowest BCUT2D eigenvalue weighted by Crippen LogP contribution is -2.47. The lowest BCUT2D eigenvalue weighted by molar-refractivity contribution is -0.142. The summed E-state index contributed by atoms with van der Waals surface area (Å²) in [6.07, 6.45) is 0.581. The van der Waals surface area contributed by atoms with Crippen LogP contribution in [-0.4, -0.2) is 24.5 Å². The summed E-state index contributed by atoms with van der Waals surface area (Å²) >= 11 is 5.84. The summed E-state index contributed by atoms with van der Waals surface area (Å²) in [7, 11) is 1.29. The number of benzene rings is 1. The van der Waals surface area contributed by atoms with Crippen molar-refractivity contribution in [2.45, 2.75) is 32.2 Å². The van der Waals surface area contributed by atoms with Crippen molar-refractivity contribution in [1.29, 1.82) is 0 Å². The Morgan fingerprint density at radius 1 is 1.45 bits per heavy atom. The Balaban J connectivity index is 2.89. The maximum absolute atomic E-state index is 13.0. The lowest BCUT2D eigenvalue weighted by atomic mass is 9.94. The predicted octanol–water partition coefficient (Wildman–Crippen LogP) is 2.94. The van der Waals surface area contributed by atoms with E-state index in [-0.39, 0.29) is 17.0 Å². The molecule has 0 fully saturated rings. The van der Waals surface area contributed by atoms with Crippen molar-refractivity contribution in [3.05, 3.63) is 34.6 Å². The van der Waals surface area contributed by atoms with Gasteiger partial charge in [-0.2, -0.15) is 0 Å². The highest BCUT2D eigenvalue weighted by atomic mass is 35.5. The Kier molecular flexibility index (Phi) is 5.51. The lowest BCUT2D eigenvalue weighted by Gasteiger charge is -2.28. The van der Waals surface area contributed by atoms with E-state index in [1.165, 1.54) is 13.2 Å². The van der Waals surface area contributed by atoms with E-state index in [2.05, 4.69) is 10.1 Å². The Morgan fingerprint density at radius 2 is 2.10 bits per heavy atom. The van der Waals surface area contributed by atoms with Gasteiger partial charge in [0.15, 0.2) is 0 Å². The molecule has 1 amide bonds. The zero-order chi connectivity index (χ0) is 15.3. The quantitative estimate of drug-likeness (QED) is 0.851. The number of halogens is 2. The number of nitrogens with one attached hydrogen (secondary N) is 1. The number of amides is 1. The van der Waals surface area contributed by atoms with E-state index >= 15 is 0 Å². The van der Waals surface area contributed by atoms with Gasteiger partial charge in [-0.1, -0.05) is 18.5 Å². The Bertz CT molecular complexity index is 521. The van der Waals surface area contributed by atoms with Crippen LogP contribution in [0.1, 0.15) is 37.0 Å². The number of hydrogen-bond donors (Lipinski definition) is 1. The molecule has 20 heavy (non-hydrogen) atoms. The first-order valence-electron chi connectivity index (χ1n) is 6.15. The first-order valence-corrected chi connectivity index (χ1v) is 6.53. The van der Waals surface area contributed by atoms with Crippen LogP contribution in [0.5, 0.6) is 0 Å². The van der Waals surface area contributed by atoms with Gasteiger partial charge in [-0.05, 0) is 31.5 Å². The fourth-order valence-electron chi connectivity index (χ4n) is 1.66. The number of carbonyl (C=O) groups is 2. The van der Waals surface area contributed by atoms with Crippen LogP contribution in [-0.2, 0) is 9.53 Å². The highest BCUT2D eigenvalue weighted by Crippen LogP contribution is 2.20. The maximum Gasteiger partial charge on any atom is 0.307 e. The van der Waals surface area contributed by atoms with Gasteiger partial charge in [0.1, 0.15) is 5.82 Å². The molecule has 1 rings (SSSR count). The number of rotatable bonds is 5. The standard InChI is InChI=1S/C14H17ClFNO3/c1-4-14(2,8-12(18)20-3)17-13(19)10-6-5-9(16)7-11(10)15/h5-7H,4,8H2,1-3H3,(H,17,19)/t14-/m0/s1. The second-order valence-electron chi connectivity index (χ2n) is 4.75. The van der Waals surface area contributed by atoms with Crippen LogP contribution < -0.4 is 5.32 Å².